The van der Waals surface area contributed by atoms with Gasteiger partial charge in [0.15, 0.2) is 0 Å². The Kier molecular flexibility index (Phi) is 4.44. The van der Waals surface area contributed by atoms with Crippen molar-refractivity contribution in [3.63, 3.8) is 0 Å². The summed E-state index contributed by atoms with van der Waals surface area (Å²) in [4.78, 5) is 13.9. The number of nitrogens with zero attached hydrogens (tertiary/aromatic N) is 1. The molecule has 1 aromatic heterocycles. The molecule has 1 amide bonds. The van der Waals surface area contributed by atoms with Crippen LogP contribution in [-0.2, 0) is 11.3 Å². The first-order chi connectivity index (χ1) is 10.7. The Morgan fingerprint density at radius 1 is 1.23 bits per heavy atom. The molecule has 1 fully saturated rings. The van der Waals surface area contributed by atoms with Crippen molar-refractivity contribution < 1.29 is 13.9 Å². The van der Waals surface area contributed by atoms with Crippen molar-refractivity contribution in [2.45, 2.75) is 6.54 Å². The Morgan fingerprint density at radius 3 is 2.73 bits per heavy atom. The van der Waals surface area contributed by atoms with Gasteiger partial charge in [0.1, 0.15) is 11.5 Å². The first kappa shape index (κ1) is 14.7. The summed E-state index contributed by atoms with van der Waals surface area (Å²) in [5.41, 5.74) is 5.55. The zero-order valence-electron chi connectivity index (χ0n) is 12.4. The highest BCUT2D eigenvalue weighted by Crippen LogP contribution is 2.26. The number of furan rings is 1. The molecular weight excluding hydrogens is 280 g/mol. The first-order valence-electron chi connectivity index (χ1n) is 7.44. The number of hydrogen-bond donors (Lipinski definition) is 1. The van der Waals surface area contributed by atoms with Crippen molar-refractivity contribution in [1.82, 2.24) is 4.90 Å². The second kappa shape index (κ2) is 6.66. The Hall–Kier alpha value is -2.27. The van der Waals surface area contributed by atoms with Gasteiger partial charge < -0.3 is 14.9 Å². The minimum Gasteiger partial charge on any atom is -0.493 e. The van der Waals surface area contributed by atoms with Crippen molar-refractivity contribution >= 4 is 5.91 Å². The van der Waals surface area contributed by atoms with Crippen LogP contribution in [-0.4, -0.2) is 30.5 Å². The molecule has 0 saturated carbocycles. The van der Waals surface area contributed by atoms with E-state index in [-0.39, 0.29) is 17.7 Å². The highest BCUT2D eigenvalue weighted by Gasteiger charge is 2.37. The predicted octanol–water partition coefficient (Wildman–Crippen LogP) is 1.89. The van der Waals surface area contributed by atoms with Gasteiger partial charge in [0, 0.05) is 19.0 Å². The summed E-state index contributed by atoms with van der Waals surface area (Å²) in [6.07, 6.45) is 1.66. The molecule has 22 heavy (non-hydrogen) atoms. The normalized spacial score (nSPS) is 21.8. The summed E-state index contributed by atoms with van der Waals surface area (Å²) in [5.74, 6) is 1.37. The van der Waals surface area contributed by atoms with E-state index in [0.29, 0.717) is 19.7 Å². The molecular formula is C17H20N2O3. The zero-order chi connectivity index (χ0) is 15.4. The molecule has 1 aromatic carbocycles. The summed E-state index contributed by atoms with van der Waals surface area (Å²) in [6.45, 7) is 2.62. The molecule has 0 radical (unpaired) electrons. The topological polar surface area (TPSA) is 68.7 Å². The van der Waals surface area contributed by atoms with Gasteiger partial charge in [-0.25, -0.2) is 0 Å². The lowest BCUT2D eigenvalue weighted by Crippen LogP contribution is -2.32. The van der Waals surface area contributed by atoms with Crippen molar-refractivity contribution in [2.75, 3.05) is 19.7 Å². The van der Waals surface area contributed by atoms with Gasteiger partial charge in [0.2, 0.25) is 5.91 Å². The minimum absolute atomic E-state index is 0.104. The van der Waals surface area contributed by atoms with Crippen molar-refractivity contribution in [2.24, 2.45) is 17.6 Å². The van der Waals surface area contributed by atoms with Gasteiger partial charge in [0.05, 0.1) is 25.3 Å². The van der Waals surface area contributed by atoms with Gasteiger partial charge >= 0.3 is 0 Å². The number of hydrogen-bond acceptors (Lipinski definition) is 4. The average molecular weight is 300 g/mol. The molecule has 2 N–H and O–H groups in total. The van der Waals surface area contributed by atoms with Gasteiger partial charge in [-0.15, -0.1) is 0 Å². The molecule has 5 nitrogen and oxygen atoms in total. The number of amides is 1. The number of likely N-dealkylation sites (tertiary alicyclic amines) is 1. The number of rotatable bonds is 6. The number of ether oxygens (including phenoxy) is 1. The quantitative estimate of drug-likeness (QED) is 0.884. The Morgan fingerprint density at radius 2 is 2.05 bits per heavy atom. The molecule has 1 saturated heterocycles. The van der Waals surface area contributed by atoms with E-state index >= 15 is 0 Å². The van der Waals surface area contributed by atoms with Crippen LogP contribution in [0.1, 0.15) is 5.76 Å². The van der Waals surface area contributed by atoms with Crippen LogP contribution in [0.25, 0.3) is 0 Å². The van der Waals surface area contributed by atoms with E-state index in [1.807, 2.05) is 42.5 Å². The average Bonchev–Trinajstić information content (AvgIpc) is 3.16. The largest absolute Gasteiger partial charge is 0.493 e. The fourth-order valence-electron chi connectivity index (χ4n) is 2.92. The van der Waals surface area contributed by atoms with Crippen LogP contribution in [0.2, 0.25) is 0 Å². The van der Waals surface area contributed by atoms with Crippen LogP contribution in [0.4, 0.5) is 0 Å². The second-order valence-corrected chi connectivity index (χ2v) is 5.67. The van der Waals surface area contributed by atoms with Gasteiger partial charge in [-0.1, -0.05) is 18.2 Å². The smallest absolute Gasteiger partial charge is 0.222 e. The maximum atomic E-state index is 11.7. The molecule has 0 bridgehead atoms. The number of benzene rings is 1. The van der Waals surface area contributed by atoms with Gasteiger partial charge in [-0.3, -0.25) is 9.69 Å². The zero-order valence-corrected chi connectivity index (χ0v) is 12.4. The minimum atomic E-state index is -0.261. The summed E-state index contributed by atoms with van der Waals surface area (Å²) in [5, 5.41) is 0. The third kappa shape index (κ3) is 3.49. The SMILES string of the molecule is NC(=O)[C@@H]1CN(Cc2ccco2)C[C@H]1COc1ccccc1. The molecule has 0 unspecified atom stereocenters. The van der Waals surface area contributed by atoms with Gasteiger partial charge in [-0.2, -0.15) is 0 Å². The Bertz CT molecular complexity index is 598. The van der Waals surface area contributed by atoms with Crippen molar-refractivity contribution in [3.05, 3.63) is 54.5 Å². The molecule has 2 atom stereocenters. The van der Waals surface area contributed by atoms with E-state index in [0.717, 1.165) is 18.1 Å². The summed E-state index contributed by atoms with van der Waals surface area (Å²) in [6, 6.07) is 13.4. The molecule has 1 aliphatic heterocycles. The summed E-state index contributed by atoms with van der Waals surface area (Å²) >= 11 is 0. The number of primary amides is 1. The third-order valence-electron chi connectivity index (χ3n) is 4.05. The Balaban J connectivity index is 1.60. The number of carbonyl (C=O) groups excluding carboxylic acids is 1. The number of carbonyl (C=O) groups is 1. The van der Waals surface area contributed by atoms with E-state index in [2.05, 4.69) is 4.90 Å². The lowest BCUT2D eigenvalue weighted by molar-refractivity contribution is -0.122. The highest BCUT2D eigenvalue weighted by molar-refractivity contribution is 5.77. The van der Waals surface area contributed by atoms with Crippen LogP contribution < -0.4 is 10.5 Å². The maximum Gasteiger partial charge on any atom is 0.222 e. The molecule has 0 spiro atoms. The lowest BCUT2D eigenvalue weighted by Gasteiger charge is -2.16. The van der Waals surface area contributed by atoms with Crippen LogP contribution in [0.5, 0.6) is 5.75 Å². The van der Waals surface area contributed by atoms with Crippen LogP contribution in [0.15, 0.2) is 53.1 Å². The predicted molar refractivity (Wildman–Crippen MR) is 82.1 cm³/mol. The fourth-order valence-corrected chi connectivity index (χ4v) is 2.92. The summed E-state index contributed by atoms with van der Waals surface area (Å²) in [7, 11) is 0. The molecule has 116 valence electrons. The lowest BCUT2D eigenvalue weighted by atomic mass is 9.96. The van der Waals surface area contributed by atoms with Gasteiger partial charge in [0.25, 0.3) is 0 Å². The molecule has 5 heteroatoms. The molecule has 2 aromatic rings. The molecule has 2 heterocycles. The highest BCUT2D eigenvalue weighted by atomic mass is 16.5. The van der Waals surface area contributed by atoms with Crippen LogP contribution in [0.3, 0.4) is 0 Å². The van der Waals surface area contributed by atoms with E-state index < -0.39 is 0 Å². The number of para-hydroxylation sites is 1. The van der Waals surface area contributed by atoms with Crippen molar-refractivity contribution in [1.29, 1.82) is 0 Å². The maximum absolute atomic E-state index is 11.7. The standard InChI is InChI=1S/C17H20N2O3/c18-17(20)16-11-19(10-15-7-4-8-21-15)9-13(16)12-22-14-5-2-1-3-6-14/h1-8,13,16H,9-12H2,(H2,18,20)/t13-,16+/m0/s1. The van der Waals surface area contributed by atoms with Gasteiger partial charge in [-0.05, 0) is 24.3 Å². The van der Waals surface area contributed by atoms with Crippen molar-refractivity contribution in [3.8, 4) is 5.75 Å². The van der Waals surface area contributed by atoms with E-state index in [4.69, 9.17) is 14.9 Å². The monoisotopic (exact) mass is 300 g/mol. The molecule has 1 aliphatic rings. The first-order valence-corrected chi connectivity index (χ1v) is 7.44. The fraction of sp³-hybridized carbons (Fsp3) is 0.353. The third-order valence-corrected chi connectivity index (χ3v) is 4.05. The van der Waals surface area contributed by atoms with E-state index in [1.165, 1.54) is 0 Å². The van der Waals surface area contributed by atoms with E-state index in [1.54, 1.807) is 6.26 Å². The van der Waals surface area contributed by atoms with Crippen LogP contribution >= 0.6 is 0 Å². The molecule has 3 rings (SSSR count). The molecule has 0 aliphatic carbocycles. The summed E-state index contributed by atoms with van der Waals surface area (Å²) < 4.78 is 11.2. The van der Waals surface area contributed by atoms with Crippen LogP contribution in [0, 0.1) is 11.8 Å². The Labute approximate surface area is 129 Å². The number of nitrogens with two attached hydrogens (primary N) is 1. The van der Waals surface area contributed by atoms with E-state index in [9.17, 15) is 4.79 Å². The second-order valence-electron chi connectivity index (χ2n) is 5.67.